The van der Waals surface area contributed by atoms with Crippen LogP contribution in [-0.2, 0) is 0 Å². The van der Waals surface area contributed by atoms with Gasteiger partial charge in [-0.1, -0.05) is 51.9 Å². The number of unbranched alkanes of at least 4 members (excludes halogenated alkanes) is 7. The van der Waals surface area contributed by atoms with Crippen molar-refractivity contribution in [3.8, 4) is 0 Å². The third-order valence-corrected chi connectivity index (χ3v) is 4.73. The van der Waals surface area contributed by atoms with E-state index in [1.54, 1.807) is 36.0 Å². The van der Waals surface area contributed by atoms with E-state index < -0.39 is 12.3 Å². The lowest BCUT2D eigenvalue weighted by Crippen LogP contribution is -2.40. The Morgan fingerprint density at radius 2 is 1.52 bits per heavy atom. The lowest BCUT2D eigenvalue weighted by atomic mass is 10.1. The van der Waals surface area contributed by atoms with Crippen molar-refractivity contribution >= 4 is 23.5 Å². The number of urea groups is 1. The highest BCUT2D eigenvalue weighted by molar-refractivity contribution is 7.99. The zero-order valence-electron chi connectivity index (χ0n) is 14.6. The molecule has 0 atom stereocenters. The van der Waals surface area contributed by atoms with E-state index in [1.165, 1.54) is 44.9 Å². The summed E-state index contributed by atoms with van der Waals surface area (Å²) in [4.78, 5) is 12.2. The number of carbonyl (C=O) groups excluding carboxylic acids is 1. The third-order valence-electron chi connectivity index (χ3n) is 3.63. The van der Waals surface area contributed by atoms with Crippen LogP contribution in [0.5, 0.6) is 0 Å². The molecule has 142 valence electrons. The summed E-state index contributed by atoms with van der Waals surface area (Å²) in [7, 11) is 0. The molecule has 0 bridgehead atoms. The number of anilines is 1. The number of hydrogen-bond donors (Lipinski definition) is 2. The number of nitrogens with one attached hydrogen (secondary N) is 2. The van der Waals surface area contributed by atoms with Gasteiger partial charge < -0.3 is 5.32 Å². The molecule has 25 heavy (non-hydrogen) atoms. The van der Waals surface area contributed by atoms with Crippen LogP contribution in [0.4, 0.5) is 23.7 Å². The zero-order valence-corrected chi connectivity index (χ0v) is 15.4. The van der Waals surface area contributed by atoms with Gasteiger partial charge in [0, 0.05) is 10.6 Å². The molecular weight excluding hydrogens is 349 g/mol. The van der Waals surface area contributed by atoms with Crippen LogP contribution in [0.2, 0.25) is 0 Å². The normalized spacial score (nSPS) is 11.4. The maximum absolute atomic E-state index is 12.0. The molecule has 0 aliphatic heterocycles. The lowest BCUT2D eigenvalue weighted by Gasteiger charge is -2.10. The van der Waals surface area contributed by atoms with Crippen molar-refractivity contribution in [2.75, 3.05) is 11.1 Å². The number of thioether (sulfide) groups is 1. The summed E-state index contributed by atoms with van der Waals surface area (Å²) in [5.41, 5.74) is 0.332. The number of amides is 2. The summed E-state index contributed by atoms with van der Waals surface area (Å²) < 4.78 is 36.0. The van der Waals surface area contributed by atoms with E-state index in [9.17, 15) is 18.0 Å². The van der Waals surface area contributed by atoms with Crippen molar-refractivity contribution in [3.63, 3.8) is 0 Å². The van der Waals surface area contributed by atoms with Gasteiger partial charge >= 0.3 is 12.3 Å². The van der Waals surface area contributed by atoms with Crippen LogP contribution in [0.1, 0.15) is 58.3 Å². The highest BCUT2D eigenvalue weighted by Gasteiger charge is 2.29. The molecule has 2 N–H and O–H groups in total. The first-order valence-electron chi connectivity index (χ1n) is 8.79. The maximum Gasteiger partial charge on any atom is 0.485 e. The standard InChI is InChI=1S/C18H27F3N2OS/c1-2-3-4-5-6-7-8-9-14-25-16-12-10-15(11-13-16)22-17(24)23-18(19,20)21/h10-13H,2-9,14H2,1H3,(H2,22,23,24). The van der Waals surface area contributed by atoms with Crippen molar-refractivity contribution < 1.29 is 18.0 Å². The molecule has 0 aromatic heterocycles. The maximum atomic E-state index is 12.0. The Morgan fingerprint density at radius 1 is 0.960 bits per heavy atom. The highest BCUT2D eigenvalue weighted by Crippen LogP contribution is 2.22. The first kappa shape index (κ1) is 21.7. The number of rotatable bonds is 11. The Kier molecular flexibility index (Phi) is 10.5. The summed E-state index contributed by atoms with van der Waals surface area (Å²) in [6.07, 6.45) is 5.53. The Bertz CT molecular complexity index is 492. The highest BCUT2D eigenvalue weighted by atomic mass is 32.2. The van der Waals surface area contributed by atoms with Crippen LogP contribution in [0.25, 0.3) is 0 Å². The molecule has 0 unspecified atom stereocenters. The van der Waals surface area contributed by atoms with E-state index in [2.05, 4.69) is 12.2 Å². The smallest absolute Gasteiger partial charge is 0.308 e. The fourth-order valence-electron chi connectivity index (χ4n) is 2.35. The molecule has 0 saturated heterocycles. The van der Waals surface area contributed by atoms with Crippen LogP contribution in [0.3, 0.4) is 0 Å². The van der Waals surface area contributed by atoms with E-state index in [0.717, 1.165) is 22.4 Å². The van der Waals surface area contributed by atoms with Gasteiger partial charge in [-0.15, -0.1) is 11.8 Å². The molecule has 0 heterocycles. The monoisotopic (exact) mass is 376 g/mol. The van der Waals surface area contributed by atoms with E-state index in [0.29, 0.717) is 5.69 Å². The summed E-state index contributed by atoms with van der Waals surface area (Å²) in [6.45, 7) is 2.22. The van der Waals surface area contributed by atoms with E-state index in [4.69, 9.17) is 0 Å². The minimum Gasteiger partial charge on any atom is -0.308 e. The molecule has 0 spiro atoms. The average molecular weight is 376 g/mol. The Labute approximate surface area is 152 Å². The van der Waals surface area contributed by atoms with Crippen molar-refractivity contribution in [2.24, 2.45) is 0 Å². The summed E-state index contributed by atoms with van der Waals surface area (Å²) in [6, 6.07) is 5.53. The number of benzene rings is 1. The molecule has 1 aromatic rings. The fourth-order valence-corrected chi connectivity index (χ4v) is 3.26. The van der Waals surface area contributed by atoms with Gasteiger partial charge in [-0.3, -0.25) is 0 Å². The quantitative estimate of drug-likeness (QED) is 0.261. The second-order valence-electron chi connectivity index (χ2n) is 5.92. The molecule has 2 amide bonds. The number of hydrogen-bond acceptors (Lipinski definition) is 2. The van der Waals surface area contributed by atoms with Crippen LogP contribution >= 0.6 is 11.8 Å². The van der Waals surface area contributed by atoms with Crippen molar-refractivity contribution in [2.45, 2.75) is 69.5 Å². The van der Waals surface area contributed by atoms with Gasteiger partial charge in [0.15, 0.2) is 0 Å². The molecular formula is C18H27F3N2OS. The Balaban J connectivity index is 2.15. The molecule has 7 heteroatoms. The Hall–Kier alpha value is -1.37. The van der Waals surface area contributed by atoms with Crippen LogP contribution in [0, 0.1) is 0 Å². The average Bonchev–Trinajstić information content (AvgIpc) is 2.53. The van der Waals surface area contributed by atoms with Gasteiger partial charge in [0.2, 0.25) is 0 Å². The largest absolute Gasteiger partial charge is 0.485 e. The van der Waals surface area contributed by atoms with E-state index in [-0.39, 0.29) is 0 Å². The summed E-state index contributed by atoms with van der Waals surface area (Å²) in [5, 5.41) is 3.05. The zero-order chi connectivity index (χ0) is 18.5. The molecule has 1 rings (SSSR count). The molecule has 0 saturated carbocycles. The van der Waals surface area contributed by atoms with Crippen LogP contribution in [0.15, 0.2) is 29.2 Å². The Morgan fingerprint density at radius 3 is 2.08 bits per heavy atom. The minimum atomic E-state index is -4.73. The van der Waals surface area contributed by atoms with Crippen LogP contribution < -0.4 is 10.6 Å². The molecule has 3 nitrogen and oxygen atoms in total. The first-order valence-corrected chi connectivity index (χ1v) is 9.78. The van der Waals surface area contributed by atoms with E-state index in [1.807, 2.05) is 0 Å². The molecule has 0 aliphatic carbocycles. The van der Waals surface area contributed by atoms with Crippen molar-refractivity contribution in [3.05, 3.63) is 24.3 Å². The molecule has 1 aromatic carbocycles. The van der Waals surface area contributed by atoms with Crippen molar-refractivity contribution in [1.82, 2.24) is 5.32 Å². The van der Waals surface area contributed by atoms with Gasteiger partial charge in [0.1, 0.15) is 0 Å². The topological polar surface area (TPSA) is 41.1 Å². The third kappa shape index (κ3) is 11.8. The summed E-state index contributed by atoms with van der Waals surface area (Å²) in [5.74, 6) is 1.02. The van der Waals surface area contributed by atoms with Gasteiger partial charge in [-0.05, 0) is 36.4 Å². The lowest BCUT2D eigenvalue weighted by molar-refractivity contribution is -0.144. The fraction of sp³-hybridized carbons (Fsp3) is 0.611. The van der Waals surface area contributed by atoms with Crippen molar-refractivity contribution in [1.29, 1.82) is 0 Å². The molecule has 0 aliphatic rings. The van der Waals surface area contributed by atoms with Gasteiger partial charge in [0.25, 0.3) is 0 Å². The SMILES string of the molecule is CCCCCCCCCCSc1ccc(NC(=O)NC(F)(F)F)cc1. The second-order valence-corrected chi connectivity index (χ2v) is 7.09. The number of halogens is 3. The minimum absolute atomic E-state index is 0.332. The van der Waals surface area contributed by atoms with Gasteiger partial charge in [0.05, 0.1) is 0 Å². The number of carbonyl (C=O) groups is 1. The summed E-state index contributed by atoms with van der Waals surface area (Å²) >= 11 is 1.72. The first-order chi connectivity index (χ1) is 11.9. The van der Waals surface area contributed by atoms with Gasteiger partial charge in [-0.25, -0.2) is 10.1 Å². The van der Waals surface area contributed by atoms with Crippen LogP contribution in [-0.4, -0.2) is 18.1 Å². The van der Waals surface area contributed by atoms with Gasteiger partial charge in [-0.2, -0.15) is 13.2 Å². The molecule has 0 fully saturated rings. The predicted octanol–water partition coefficient (Wildman–Crippen LogP) is 6.56. The van der Waals surface area contributed by atoms with E-state index >= 15 is 0 Å². The predicted molar refractivity (Wildman–Crippen MR) is 98.0 cm³/mol. The number of alkyl halides is 3. The molecule has 0 radical (unpaired) electrons. The second kappa shape index (κ2) is 12.1.